The van der Waals surface area contributed by atoms with Gasteiger partial charge in [-0.2, -0.15) is 0 Å². The molecule has 1 aliphatic rings. The van der Waals surface area contributed by atoms with Crippen molar-refractivity contribution < 1.29 is 19.0 Å². The molecule has 0 aliphatic carbocycles. The average molecular weight is 262 g/mol. The van der Waals surface area contributed by atoms with Crippen molar-refractivity contribution in [1.82, 2.24) is 0 Å². The van der Waals surface area contributed by atoms with Gasteiger partial charge in [0.05, 0.1) is 26.4 Å². The van der Waals surface area contributed by atoms with Crippen molar-refractivity contribution in [2.45, 2.75) is 19.1 Å². The van der Waals surface area contributed by atoms with Gasteiger partial charge in [-0.25, -0.2) is 4.79 Å². The second kappa shape index (κ2) is 6.50. The fraction of sp³-hybridized carbons (Fsp3) is 0.400. The molecule has 0 spiro atoms. The molecule has 0 aromatic heterocycles. The molecule has 0 radical (unpaired) electrons. The van der Waals surface area contributed by atoms with Gasteiger partial charge in [0.1, 0.15) is 6.10 Å². The first-order chi connectivity index (χ1) is 9.20. The summed E-state index contributed by atoms with van der Waals surface area (Å²) in [7, 11) is 1.36. The van der Waals surface area contributed by atoms with E-state index in [1.165, 1.54) is 13.2 Å². The summed E-state index contributed by atoms with van der Waals surface area (Å²) >= 11 is 0. The van der Waals surface area contributed by atoms with E-state index in [1.807, 2.05) is 31.2 Å². The van der Waals surface area contributed by atoms with Gasteiger partial charge in [-0.15, -0.1) is 0 Å². The summed E-state index contributed by atoms with van der Waals surface area (Å²) < 4.78 is 15.5. The Hall–Kier alpha value is -1.65. The molecule has 1 fully saturated rings. The summed E-state index contributed by atoms with van der Waals surface area (Å²) in [6, 6.07) is 7.83. The van der Waals surface area contributed by atoms with E-state index in [4.69, 9.17) is 9.47 Å². The third kappa shape index (κ3) is 4.19. The lowest BCUT2D eigenvalue weighted by molar-refractivity contribution is -0.134. The van der Waals surface area contributed by atoms with Gasteiger partial charge in [-0.3, -0.25) is 0 Å². The number of esters is 1. The highest BCUT2D eigenvalue weighted by atomic mass is 16.6. The first-order valence-electron chi connectivity index (χ1n) is 6.29. The SMILES string of the molecule is COC(=O)C=Cc1ccccc1[C@@H](C)OC[C@H]1CO1. The second-order valence-electron chi connectivity index (χ2n) is 4.42. The van der Waals surface area contributed by atoms with E-state index >= 15 is 0 Å². The van der Waals surface area contributed by atoms with Crippen LogP contribution in [0.15, 0.2) is 30.3 Å². The Morgan fingerprint density at radius 3 is 2.95 bits per heavy atom. The highest BCUT2D eigenvalue weighted by molar-refractivity contribution is 5.87. The fourth-order valence-electron chi connectivity index (χ4n) is 1.76. The summed E-state index contributed by atoms with van der Waals surface area (Å²) in [6.07, 6.45) is 3.37. The molecule has 19 heavy (non-hydrogen) atoms. The first-order valence-corrected chi connectivity index (χ1v) is 6.29. The van der Waals surface area contributed by atoms with Gasteiger partial charge in [-0.05, 0) is 24.1 Å². The predicted molar refractivity (Wildman–Crippen MR) is 71.6 cm³/mol. The van der Waals surface area contributed by atoms with Gasteiger partial charge < -0.3 is 14.2 Å². The molecule has 1 saturated heterocycles. The Morgan fingerprint density at radius 2 is 2.26 bits per heavy atom. The molecule has 1 aromatic carbocycles. The van der Waals surface area contributed by atoms with Crippen LogP contribution in [0.3, 0.4) is 0 Å². The minimum Gasteiger partial charge on any atom is -0.466 e. The van der Waals surface area contributed by atoms with Crippen molar-refractivity contribution in [3.8, 4) is 0 Å². The number of hydrogen-bond donors (Lipinski definition) is 0. The summed E-state index contributed by atoms with van der Waals surface area (Å²) in [6.45, 7) is 3.39. The zero-order valence-corrected chi connectivity index (χ0v) is 11.2. The molecule has 2 rings (SSSR count). The van der Waals surface area contributed by atoms with Gasteiger partial charge in [0.25, 0.3) is 0 Å². The normalized spacial score (nSPS) is 19.4. The third-order valence-corrected chi connectivity index (χ3v) is 2.97. The minimum atomic E-state index is -0.366. The Balaban J connectivity index is 2.05. The Labute approximate surface area is 113 Å². The number of carbonyl (C=O) groups is 1. The van der Waals surface area contributed by atoms with Crippen LogP contribution < -0.4 is 0 Å². The lowest BCUT2D eigenvalue weighted by Crippen LogP contribution is -2.07. The van der Waals surface area contributed by atoms with Crippen LogP contribution in [0.2, 0.25) is 0 Å². The van der Waals surface area contributed by atoms with E-state index in [0.717, 1.165) is 17.7 Å². The standard InChI is InChI=1S/C15H18O4/c1-11(18-9-13-10-19-13)14-6-4-3-5-12(14)7-8-15(16)17-2/h3-8,11,13H,9-10H2,1-2H3/t11-,13+/m1/s1. The first kappa shape index (κ1) is 13.8. The van der Waals surface area contributed by atoms with Crippen LogP contribution in [0.1, 0.15) is 24.2 Å². The lowest BCUT2D eigenvalue weighted by Gasteiger charge is -2.15. The number of carbonyl (C=O) groups excluding carboxylic acids is 1. The minimum absolute atomic E-state index is 0.0392. The maximum atomic E-state index is 11.1. The Kier molecular flexibility index (Phi) is 4.71. The summed E-state index contributed by atoms with van der Waals surface area (Å²) in [5.74, 6) is -0.366. The van der Waals surface area contributed by atoms with Gasteiger partial charge >= 0.3 is 5.97 Å². The average Bonchev–Trinajstić information content (AvgIpc) is 3.26. The molecule has 102 valence electrons. The molecule has 0 unspecified atom stereocenters. The molecule has 0 amide bonds. The zero-order chi connectivity index (χ0) is 13.7. The van der Waals surface area contributed by atoms with E-state index in [-0.39, 0.29) is 18.2 Å². The van der Waals surface area contributed by atoms with Crippen LogP contribution in [0.25, 0.3) is 6.08 Å². The number of hydrogen-bond acceptors (Lipinski definition) is 4. The highest BCUT2D eigenvalue weighted by Gasteiger charge is 2.23. The quantitative estimate of drug-likeness (QED) is 0.448. The number of epoxide rings is 1. The van der Waals surface area contributed by atoms with E-state index in [0.29, 0.717) is 6.61 Å². The third-order valence-electron chi connectivity index (χ3n) is 2.97. The highest BCUT2D eigenvalue weighted by Crippen LogP contribution is 2.23. The van der Waals surface area contributed by atoms with E-state index in [2.05, 4.69) is 4.74 Å². The van der Waals surface area contributed by atoms with E-state index in [1.54, 1.807) is 6.08 Å². The van der Waals surface area contributed by atoms with Gasteiger partial charge in [0, 0.05) is 6.08 Å². The molecule has 4 nitrogen and oxygen atoms in total. The number of ether oxygens (including phenoxy) is 3. The van der Waals surface area contributed by atoms with E-state index < -0.39 is 0 Å². The number of rotatable bonds is 6. The van der Waals surface area contributed by atoms with Gasteiger partial charge in [0.15, 0.2) is 0 Å². The molecule has 1 heterocycles. The van der Waals surface area contributed by atoms with Crippen molar-refractivity contribution in [2.75, 3.05) is 20.3 Å². The molecule has 0 bridgehead atoms. The van der Waals surface area contributed by atoms with Crippen LogP contribution in [-0.4, -0.2) is 32.4 Å². The van der Waals surface area contributed by atoms with E-state index in [9.17, 15) is 4.79 Å². The topological polar surface area (TPSA) is 48.1 Å². The monoisotopic (exact) mass is 262 g/mol. The Morgan fingerprint density at radius 1 is 1.53 bits per heavy atom. The van der Waals surface area contributed by atoms with Crippen LogP contribution in [0.4, 0.5) is 0 Å². The van der Waals surface area contributed by atoms with Crippen LogP contribution in [-0.2, 0) is 19.0 Å². The summed E-state index contributed by atoms with van der Waals surface area (Å²) in [4.78, 5) is 11.1. The largest absolute Gasteiger partial charge is 0.466 e. The smallest absolute Gasteiger partial charge is 0.330 e. The molecule has 1 aliphatic heterocycles. The van der Waals surface area contributed by atoms with Gasteiger partial charge in [-0.1, -0.05) is 24.3 Å². The van der Waals surface area contributed by atoms with Crippen molar-refractivity contribution in [1.29, 1.82) is 0 Å². The second-order valence-corrected chi connectivity index (χ2v) is 4.42. The fourth-order valence-corrected chi connectivity index (χ4v) is 1.76. The molecule has 4 heteroatoms. The number of benzene rings is 1. The molecular formula is C15H18O4. The lowest BCUT2D eigenvalue weighted by atomic mass is 10.0. The van der Waals surface area contributed by atoms with Crippen molar-refractivity contribution in [3.05, 3.63) is 41.5 Å². The summed E-state index contributed by atoms with van der Waals surface area (Å²) in [5.41, 5.74) is 2.00. The predicted octanol–water partition coefficient (Wildman–Crippen LogP) is 2.35. The van der Waals surface area contributed by atoms with Crippen LogP contribution in [0, 0.1) is 0 Å². The summed E-state index contributed by atoms with van der Waals surface area (Å²) in [5, 5.41) is 0. The van der Waals surface area contributed by atoms with Crippen molar-refractivity contribution in [2.24, 2.45) is 0 Å². The van der Waals surface area contributed by atoms with Gasteiger partial charge in [0.2, 0.25) is 0 Å². The molecule has 0 N–H and O–H groups in total. The molecule has 1 aromatic rings. The van der Waals surface area contributed by atoms with Crippen LogP contribution >= 0.6 is 0 Å². The van der Waals surface area contributed by atoms with Crippen LogP contribution in [0.5, 0.6) is 0 Å². The molecule has 2 atom stereocenters. The zero-order valence-electron chi connectivity index (χ0n) is 11.2. The van der Waals surface area contributed by atoms with Crippen molar-refractivity contribution >= 4 is 12.0 Å². The Bertz CT molecular complexity index is 463. The maximum Gasteiger partial charge on any atom is 0.330 e. The maximum absolute atomic E-state index is 11.1. The molecule has 0 saturated carbocycles. The number of methoxy groups -OCH3 is 1. The van der Waals surface area contributed by atoms with Crippen molar-refractivity contribution in [3.63, 3.8) is 0 Å². The molecular weight excluding hydrogens is 244 g/mol.